The Morgan fingerprint density at radius 2 is 2.00 bits per heavy atom. The first-order valence-electron chi connectivity index (χ1n) is 7.52. The second kappa shape index (κ2) is 7.31. The molecule has 0 unspecified atom stereocenters. The zero-order chi connectivity index (χ0) is 15.2. The van der Waals surface area contributed by atoms with Crippen LogP contribution in [0.4, 0.5) is 0 Å². The lowest BCUT2D eigenvalue weighted by molar-refractivity contribution is -0.130. The van der Waals surface area contributed by atoms with Crippen molar-refractivity contribution in [2.24, 2.45) is 0 Å². The summed E-state index contributed by atoms with van der Waals surface area (Å²) in [4.78, 5) is 15.4. The third-order valence-electron chi connectivity index (χ3n) is 3.74. The molecular weight excluding hydrogens is 268 g/mol. The first-order chi connectivity index (χ1) is 10.1. The molecule has 1 aliphatic heterocycles. The van der Waals surface area contributed by atoms with E-state index in [9.17, 15) is 9.90 Å². The van der Waals surface area contributed by atoms with Crippen LogP contribution in [0.3, 0.4) is 0 Å². The minimum Gasteiger partial charge on any atom is -0.507 e. The molecule has 1 fully saturated rings. The Morgan fingerprint density at radius 1 is 1.29 bits per heavy atom. The molecule has 0 aliphatic carbocycles. The van der Waals surface area contributed by atoms with E-state index in [0.29, 0.717) is 18.9 Å². The third-order valence-corrected chi connectivity index (χ3v) is 3.74. The number of phenols is 1. The predicted octanol–water partition coefficient (Wildman–Crippen LogP) is 1.85. The van der Waals surface area contributed by atoms with Gasteiger partial charge in [0.15, 0.2) is 0 Å². The van der Waals surface area contributed by atoms with Gasteiger partial charge in [0.25, 0.3) is 0 Å². The Balaban J connectivity index is 1.90. The summed E-state index contributed by atoms with van der Waals surface area (Å²) in [6.45, 7) is 8.21. The lowest BCUT2D eigenvalue weighted by atomic mass is 10.1. The largest absolute Gasteiger partial charge is 0.507 e. The van der Waals surface area contributed by atoms with Crippen molar-refractivity contribution in [1.29, 1.82) is 0 Å². The molecule has 116 valence electrons. The number of nitrogens with zero attached hydrogens (tertiary/aromatic N) is 2. The normalized spacial score (nSPS) is 16.0. The molecule has 1 heterocycles. The minimum absolute atomic E-state index is 0.134. The number of hydrogen-bond donors (Lipinski definition) is 1. The number of carbonyl (C=O) groups is 1. The highest BCUT2D eigenvalue weighted by Crippen LogP contribution is 2.25. The van der Waals surface area contributed by atoms with E-state index in [0.717, 1.165) is 38.2 Å². The molecule has 0 spiro atoms. The number of phenolic OH excluding ortho intramolecular Hbond substituents is 1. The summed E-state index contributed by atoms with van der Waals surface area (Å²) in [7, 11) is 0. The summed E-state index contributed by atoms with van der Waals surface area (Å²) in [5, 5.41) is 10.1. The van der Waals surface area contributed by atoms with Crippen LogP contribution in [-0.2, 0) is 11.3 Å². The number of ether oxygens (including phenoxy) is 1. The van der Waals surface area contributed by atoms with Gasteiger partial charge < -0.3 is 14.7 Å². The van der Waals surface area contributed by atoms with E-state index in [4.69, 9.17) is 4.74 Å². The standard InChI is InChI=1S/C16H24N2O3/c1-3-10-21-15-5-4-14(16(20)11-15)12-17-6-8-18(9-7-17)13(2)19/h4-5,11,20H,3,6-10,12H2,1-2H3. The van der Waals surface area contributed by atoms with Gasteiger partial charge in [-0.15, -0.1) is 0 Å². The van der Waals surface area contributed by atoms with Gasteiger partial charge in [-0.05, 0) is 12.5 Å². The maximum Gasteiger partial charge on any atom is 0.219 e. The molecule has 1 amide bonds. The van der Waals surface area contributed by atoms with Gasteiger partial charge in [0.2, 0.25) is 5.91 Å². The van der Waals surface area contributed by atoms with Crippen LogP contribution in [0.1, 0.15) is 25.8 Å². The molecule has 1 N–H and O–H groups in total. The molecule has 0 saturated carbocycles. The highest BCUT2D eigenvalue weighted by atomic mass is 16.5. The molecule has 5 nitrogen and oxygen atoms in total. The van der Waals surface area contributed by atoms with E-state index in [2.05, 4.69) is 11.8 Å². The highest BCUT2D eigenvalue weighted by Gasteiger charge is 2.19. The third kappa shape index (κ3) is 4.36. The van der Waals surface area contributed by atoms with Gasteiger partial charge in [0, 0.05) is 51.3 Å². The smallest absolute Gasteiger partial charge is 0.219 e. The van der Waals surface area contributed by atoms with Crippen molar-refractivity contribution in [3.05, 3.63) is 23.8 Å². The Labute approximate surface area is 126 Å². The fraction of sp³-hybridized carbons (Fsp3) is 0.562. The number of benzene rings is 1. The molecule has 0 atom stereocenters. The molecule has 0 aromatic heterocycles. The number of piperazine rings is 1. The summed E-state index contributed by atoms with van der Waals surface area (Å²) in [5.41, 5.74) is 0.898. The van der Waals surface area contributed by atoms with Crippen molar-refractivity contribution >= 4 is 5.91 Å². The topological polar surface area (TPSA) is 53.0 Å². The zero-order valence-corrected chi connectivity index (χ0v) is 12.8. The summed E-state index contributed by atoms with van der Waals surface area (Å²) in [6, 6.07) is 5.49. The maximum atomic E-state index is 11.3. The molecule has 0 bridgehead atoms. The summed E-state index contributed by atoms with van der Waals surface area (Å²) < 4.78 is 5.50. The number of hydrogen-bond acceptors (Lipinski definition) is 4. The van der Waals surface area contributed by atoms with E-state index < -0.39 is 0 Å². The predicted molar refractivity (Wildman–Crippen MR) is 81.4 cm³/mol. The number of amides is 1. The van der Waals surface area contributed by atoms with E-state index in [1.54, 1.807) is 13.0 Å². The van der Waals surface area contributed by atoms with Gasteiger partial charge in [0.1, 0.15) is 11.5 Å². The van der Waals surface area contributed by atoms with E-state index in [1.165, 1.54) is 0 Å². The van der Waals surface area contributed by atoms with Gasteiger partial charge in [-0.3, -0.25) is 9.69 Å². The molecule has 1 aromatic carbocycles. The van der Waals surface area contributed by atoms with Crippen LogP contribution in [0.15, 0.2) is 18.2 Å². The quantitative estimate of drug-likeness (QED) is 0.900. The van der Waals surface area contributed by atoms with Crippen LogP contribution in [-0.4, -0.2) is 53.6 Å². The molecule has 5 heteroatoms. The van der Waals surface area contributed by atoms with Crippen molar-refractivity contribution in [1.82, 2.24) is 9.80 Å². The molecule has 1 aromatic rings. The number of rotatable bonds is 5. The van der Waals surface area contributed by atoms with Crippen molar-refractivity contribution in [2.45, 2.75) is 26.8 Å². The molecule has 0 radical (unpaired) electrons. The monoisotopic (exact) mass is 292 g/mol. The van der Waals surface area contributed by atoms with Crippen molar-refractivity contribution in [3.63, 3.8) is 0 Å². The second-order valence-electron chi connectivity index (χ2n) is 5.42. The fourth-order valence-corrected chi connectivity index (χ4v) is 2.45. The average Bonchev–Trinajstić information content (AvgIpc) is 2.48. The fourth-order valence-electron chi connectivity index (χ4n) is 2.45. The van der Waals surface area contributed by atoms with E-state index >= 15 is 0 Å². The van der Waals surface area contributed by atoms with Gasteiger partial charge >= 0.3 is 0 Å². The Bertz CT molecular complexity index is 482. The molecular formula is C16H24N2O3. The van der Waals surface area contributed by atoms with Crippen LogP contribution in [0.25, 0.3) is 0 Å². The Hall–Kier alpha value is -1.75. The van der Waals surface area contributed by atoms with Crippen molar-refractivity contribution in [2.75, 3.05) is 32.8 Å². The molecule has 2 rings (SSSR count). The SMILES string of the molecule is CCCOc1ccc(CN2CCN(C(C)=O)CC2)c(O)c1. The molecule has 1 aliphatic rings. The maximum absolute atomic E-state index is 11.3. The van der Waals surface area contributed by atoms with Crippen LogP contribution in [0.5, 0.6) is 11.5 Å². The van der Waals surface area contributed by atoms with Crippen LogP contribution >= 0.6 is 0 Å². The first-order valence-corrected chi connectivity index (χ1v) is 7.52. The van der Waals surface area contributed by atoms with Gasteiger partial charge in [-0.2, -0.15) is 0 Å². The Morgan fingerprint density at radius 3 is 2.57 bits per heavy atom. The summed E-state index contributed by atoms with van der Waals surface area (Å²) in [6.07, 6.45) is 0.947. The van der Waals surface area contributed by atoms with Gasteiger partial charge in [0.05, 0.1) is 6.61 Å². The molecule has 1 saturated heterocycles. The van der Waals surface area contributed by atoms with Crippen LogP contribution in [0.2, 0.25) is 0 Å². The summed E-state index contributed by atoms with van der Waals surface area (Å²) in [5.74, 6) is 1.12. The lowest BCUT2D eigenvalue weighted by Crippen LogP contribution is -2.47. The van der Waals surface area contributed by atoms with E-state index in [-0.39, 0.29) is 11.7 Å². The zero-order valence-electron chi connectivity index (χ0n) is 12.8. The molecule has 21 heavy (non-hydrogen) atoms. The average molecular weight is 292 g/mol. The number of aromatic hydroxyl groups is 1. The lowest BCUT2D eigenvalue weighted by Gasteiger charge is -2.34. The van der Waals surface area contributed by atoms with Crippen molar-refractivity contribution < 1.29 is 14.6 Å². The van der Waals surface area contributed by atoms with Crippen LogP contribution in [0, 0.1) is 0 Å². The first kappa shape index (κ1) is 15.6. The summed E-state index contributed by atoms with van der Waals surface area (Å²) >= 11 is 0. The van der Waals surface area contributed by atoms with Crippen molar-refractivity contribution in [3.8, 4) is 11.5 Å². The number of carbonyl (C=O) groups excluding carboxylic acids is 1. The highest BCUT2D eigenvalue weighted by molar-refractivity contribution is 5.73. The van der Waals surface area contributed by atoms with E-state index in [1.807, 2.05) is 17.0 Å². The Kier molecular flexibility index (Phi) is 5.44. The van der Waals surface area contributed by atoms with Gasteiger partial charge in [-0.1, -0.05) is 13.0 Å². The second-order valence-corrected chi connectivity index (χ2v) is 5.42. The van der Waals surface area contributed by atoms with Gasteiger partial charge in [-0.25, -0.2) is 0 Å². The minimum atomic E-state index is 0.134. The van der Waals surface area contributed by atoms with Crippen LogP contribution < -0.4 is 4.74 Å².